The second-order valence-electron chi connectivity index (χ2n) is 12.0. The molecule has 0 aliphatic rings. The van der Waals surface area contributed by atoms with Gasteiger partial charge in [-0.25, -0.2) is 9.59 Å². The summed E-state index contributed by atoms with van der Waals surface area (Å²) in [5.74, 6) is 1.55. The van der Waals surface area contributed by atoms with Crippen molar-refractivity contribution >= 4 is 98.3 Å². The minimum Gasteiger partial charge on any atom is -0.337 e. The lowest BCUT2D eigenvalue weighted by atomic mass is 9.92. The number of amides is 4. The third-order valence-electron chi connectivity index (χ3n) is 9.14. The molecule has 0 radical (unpaired) electrons. The standard InChI is InChI=1S/C40H34N4O2S2/c45-39(43-23-31-13-11-29-9-7-25-3-1-5-27-15-17-33(31)37(29)35(25)27)41-19-21-47-48-22-20-42-40(46)44-24-32-14-12-30-10-8-26-4-2-6-28-16-18-34(32)38(30)36(26)28/h1-18H,19-24H2,(H2,41,43,45)(H2,42,44,46). The number of benzene rings is 8. The number of carbonyl (C=O) groups is 2. The van der Waals surface area contributed by atoms with Gasteiger partial charge in [-0.15, -0.1) is 0 Å². The van der Waals surface area contributed by atoms with Crippen LogP contribution in [-0.4, -0.2) is 36.7 Å². The van der Waals surface area contributed by atoms with E-state index in [0.717, 1.165) is 22.6 Å². The molecule has 4 amide bonds. The average molecular weight is 667 g/mol. The van der Waals surface area contributed by atoms with Crippen LogP contribution in [-0.2, 0) is 13.1 Å². The van der Waals surface area contributed by atoms with Crippen LogP contribution in [0.3, 0.4) is 0 Å². The second kappa shape index (κ2) is 13.3. The first-order chi connectivity index (χ1) is 23.6. The van der Waals surface area contributed by atoms with Crippen molar-refractivity contribution in [2.45, 2.75) is 13.1 Å². The maximum absolute atomic E-state index is 12.5. The number of nitrogens with one attached hydrogen (secondary N) is 4. The highest BCUT2D eigenvalue weighted by Gasteiger charge is 2.13. The molecule has 0 fully saturated rings. The van der Waals surface area contributed by atoms with Gasteiger partial charge in [-0.2, -0.15) is 0 Å². The summed E-state index contributed by atoms with van der Waals surface area (Å²) in [6.45, 7) is 2.06. The summed E-state index contributed by atoms with van der Waals surface area (Å²) in [5.41, 5.74) is 2.21. The Balaban J connectivity index is 0.746. The molecule has 0 atom stereocenters. The van der Waals surface area contributed by atoms with Gasteiger partial charge in [0.1, 0.15) is 0 Å². The maximum atomic E-state index is 12.5. The molecule has 0 saturated heterocycles. The van der Waals surface area contributed by atoms with Gasteiger partial charge in [-0.3, -0.25) is 0 Å². The quantitative estimate of drug-likeness (QED) is 0.0631. The minimum absolute atomic E-state index is 0.172. The van der Waals surface area contributed by atoms with Gasteiger partial charge in [0.25, 0.3) is 0 Å². The Hall–Kier alpha value is -4.92. The van der Waals surface area contributed by atoms with Crippen molar-refractivity contribution in [3.8, 4) is 0 Å². The predicted molar refractivity (Wildman–Crippen MR) is 206 cm³/mol. The van der Waals surface area contributed by atoms with E-state index in [-0.39, 0.29) is 12.1 Å². The third kappa shape index (κ3) is 5.86. The van der Waals surface area contributed by atoms with E-state index >= 15 is 0 Å². The first kappa shape index (κ1) is 30.4. The van der Waals surface area contributed by atoms with Crippen molar-refractivity contribution in [3.05, 3.63) is 120 Å². The fraction of sp³-hybridized carbons (Fsp3) is 0.150. The molecular weight excluding hydrogens is 633 g/mol. The van der Waals surface area contributed by atoms with Crippen LogP contribution >= 0.6 is 21.6 Å². The van der Waals surface area contributed by atoms with E-state index in [2.05, 4.69) is 130 Å². The fourth-order valence-corrected chi connectivity index (χ4v) is 8.72. The van der Waals surface area contributed by atoms with E-state index < -0.39 is 0 Å². The van der Waals surface area contributed by atoms with Crippen LogP contribution < -0.4 is 21.3 Å². The van der Waals surface area contributed by atoms with E-state index in [4.69, 9.17) is 0 Å². The molecule has 0 aromatic heterocycles. The van der Waals surface area contributed by atoms with Gasteiger partial charge in [0.15, 0.2) is 0 Å². The molecule has 0 bridgehead atoms. The van der Waals surface area contributed by atoms with E-state index in [9.17, 15) is 9.59 Å². The summed E-state index contributed by atoms with van der Waals surface area (Å²) >= 11 is 0. The molecule has 0 aliphatic heterocycles. The molecule has 8 rings (SSSR count). The first-order valence-corrected chi connectivity index (χ1v) is 18.7. The summed E-state index contributed by atoms with van der Waals surface area (Å²) in [5, 5.41) is 26.8. The van der Waals surface area contributed by atoms with Gasteiger partial charge in [0, 0.05) is 37.7 Å². The summed E-state index contributed by atoms with van der Waals surface area (Å²) in [6, 6.07) is 38.3. The molecule has 48 heavy (non-hydrogen) atoms. The van der Waals surface area contributed by atoms with Crippen molar-refractivity contribution in [2.75, 3.05) is 24.6 Å². The summed E-state index contributed by atoms with van der Waals surface area (Å²) < 4.78 is 0. The topological polar surface area (TPSA) is 82.3 Å². The van der Waals surface area contributed by atoms with Crippen LogP contribution in [0.25, 0.3) is 64.6 Å². The largest absolute Gasteiger partial charge is 0.337 e. The summed E-state index contributed by atoms with van der Waals surface area (Å²) in [6.07, 6.45) is 0. The van der Waals surface area contributed by atoms with Crippen LogP contribution in [0.15, 0.2) is 109 Å². The van der Waals surface area contributed by atoms with Gasteiger partial charge in [-0.1, -0.05) is 131 Å². The van der Waals surface area contributed by atoms with E-state index in [1.54, 1.807) is 21.6 Å². The van der Waals surface area contributed by atoms with Gasteiger partial charge in [-0.05, 0) is 75.8 Å². The Morgan fingerprint density at radius 1 is 0.417 bits per heavy atom. The lowest BCUT2D eigenvalue weighted by molar-refractivity contribution is 0.240. The third-order valence-corrected chi connectivity index (χ3v) is 11.6. The molecule has 8 heteroatoms. The predicted octanol–water partition coefficient (Wildman–Crippen LogP) is 9.16. The fourth-order valence-electron chi connectivity index (χ4n) is 6.91. The molecule has 0 spiro atoms. The van der Waals surface area contributed by atoms with Gasteiger partial charge in [0.2, 0.25) is 0 Å². The molecule has 0 unspecified atom stereocenters. The summed E-state index contributed by atoms with van der Waals surface area (Å²) in [7, 11) is 3.37. The smallest absolute Gasteiger partial charge is 0.315 e. The van der Waals surface area contributed by atoms with Crippen LogP contribution in [0.5, 0.6) is 0 Å². The number of rotatable bonds is 11. The van der Waals surface area contributed by atoms with Crippen molar-refractivity contribution in [3.63, 3.8) is 0 Å². The Morgan fingerprint density at radius 3 is 1.19 bits per heavy atom. The van der Waals surface area contributed by atoms with Crippen LogP contribution in [0.2, 0.25) is 0 Å². The monoisotopic (exact) mass is 666 g/mol. The minimum atomic E-state index is -0.172. The molecule has 0 heterocycles. The van der Waals surface area contributed by atoms with Crippen LogP contribution in [0.1, 0.15) is 11.1 Å². The first-order valence-electron chi connectivity index (χ1n) is 16.2. The molecule has 8 aromatic rings. The van der Waals surface area contributed by atoms with Crippen molar-refractivity contribution in [1.82, 2.24) is 21.3 Å². The molecule has 6 nitrogen and oxygen atoms in total. The normalized spacial score (nSPS) is 11.8. The van der Waals surface area contributed by atoms with Crippen molar-refractivity contribution < 1.29 is 9.59 Å². The lowest BCUT2D eigenvalue weighted by Gasteiger charge is -2.14. The van der Waals surface area contributed by atoms with E-state index in [1.165, 1.54) is 64.6 Å². The zero-order valence-electron chi connectivity index (χ0n) is 26.3. The van der Waals surface area contributed by atoms with Crippen LogP contribution in [0, 0.1) is 0 Å². The highest BCUT2D eigenvalue weighted by Crippen LogP contribution is 2.37. The highest BCUT2D eigenvalue weighted by atomic mass is 33.1. The van der Waals surface area contributed by atoms with E-state index in [0.29, 0.717) is 26.2 Å². The van der Waals surface area contributed by atoms with Crippen molar-refractivity contribution in [2.24, 2.45) is 0 Å². The Kier molecular flexibility index (Phi) is 8.43. The second-order valence-corrected chi connectivity index (χ2v) is 14.7. The molecule has 0 saturated carbocycles. The van der Waals surface area contributed by atoms with Gasteiger partial charge < -0.3 is 21.3 Å². The van der Waals surface area contributed by atoms with Gasteiger partial charge >= 0.3 is 12.1 Å². The van der Waals surface area contributed by atoms with Crippen molar-refractivity contribution in [1.29, 1.82) is 0 Å². The molecule has 8 aromatic carbocycles. The molecule has 4 N–H and O–H groups in total. The molecule has 0 aliphatic carbocycles. The highest BCUT2D eigenvalue weighted by molar-refractivity contribution is 8.76. The Labute approximate surface area is 286 Å². The number of carbonyl (C=O) groups excluding carboxylic acids is 2. The average Bonchev–Trinajstić information content (AvgIpc) is 3.12. The van der Waals surface area contributed by atoms with E-state index in [1.807, 2.05) is 0 Å². The maximum Gasteiger partial charge on any atom is 0.315 e. The number of hydrogen-bond donors (Lipinski definition) is 4. The lowest BCUT2D eigenvalue weighted by Crippen LogP contribution is -2.36. The summed E-state index contributed by atoms with van der Waals surface area (Å²) in [4.78, 5) is 25.1. The van der Waals surface area contributed by atoms with Crippen LogP contribution in [0.4, 0.5) is 9.59 Å². The number of hydrogen-bond acceptors (Lipinski definition) is 4. The Bertz CT molecular complexity index is 2230. The SMILES string of the molecule is O=C(NCCSSCCNC(=O)NCc1ccc2ccc3cccc4ccc1c2c34)NCc1ccc2ccc3cccc4ccc1c2c34. The zero-order chi connectivity index (χ0) is 32.5. The molecular formula is C40H34N4O2S2. The number of urea groups is 2. The van der Waals surface area contributed by atoms with Gasteiger partial charge in [0.05, 0.1) is 0 Å². The molecule has 238 valence electrons. The zero-order valence-corrected chi connectivity index (χ0v) is 27.9. The Morgan fingerprint density at radius 2 is 0.771 bits per heavy atom.